The molecule has 1 aromatic heterocycles. The van der Waals surface area contributed by atoms with Gasteiger partial charge in [-0.2, -0.15) is 0 Å². The van der Waals surface area contributed by atoms with Crippen LogP contribution in [0.25, 0.3) is 0 Å². The zero-order chi connectivity index (χ0) is 16.0. The Morgan fingerprint density at radius 3 is 2.78 bits per heavy atom. The maximum Gasteiger partial charge on any atom is 0.223 e. The van der Waals surface area contributed by atoms with Crippen LogP contribution in [-0.4, -0.2) is 47.5 Å². The monoisotopic (exact) mass is 334 g/mol. The summed E-state index contributed by atoms with van der Waals surface area (Å²) in [4.78, 5) is 23.2. The van der Waals surface area contributed by atoms with Crippen molar-refractivity contribution in [3.05, 3.63) is 10.6 Å². The number of nitrogens with zero attached hydrogens (tertiary/aromatic N) is 3. The van der Waals surface area contributed by atoms with Gasteiger partial charge in [-0.05, 0) is 18.8 Å². The highest BCUT2D eigenvalue weighted by Gasteiger charge is 2.38. The van der Waals surface area contributed by atoms with Gasteiger partial charge < -0.3 is 15.1 Å². The second-order valence-corrected chi connectivity index (χ2v) is 8.54. The zero-order valence-electron chi connectivity index (χ0n) is 14.0. The van der Waals surface area contributed by atoms with E-state index in [1.807, 2.05) is 16.2 Å². The summed E-state index contributed by atoms with van der Waals surface area (Å²) in [5.74, 6) is 0.722. The van der Waals surface area contributed by atoms with Crippen molar-refractivity contribution in [3.63, 3.8) is 0 Å². The molecule has 1 N–H and O–H groups in total. The van der Waals surface area contributed by atoms with Gasteiger partial charge in [0.2, 0.25) is 5.91 Å². The van der Waals surface area contributed by atoms with E-state index in [1.54, 1.807) is 0 Å². The lowest BCUT2D eigenvalue weighted by molar-refractivity contribution is -0.132. The number of fused-ring (bicyclic) bond motifs is 3. The maximum absolute atomic E-state index is 12.3. The Bertz CT molecular complexity index is 583. The lowest BCUT2D eigenvalue weighted by Gasteiger charge is -2.35. The summed E-state index contributed by atoms with van der Waals surface area (Å²) in [5.41, 5.74) is 1.23. The van der Waals surface area contributed by atoms with Crippen LogP contribution in [0.15, 0.2) is 0 Å². The Balaban J connectivity index is 1.51. The quantitative estimate of drug-likeness (QED) is 0.919. The fourth-order valence-electron chi connectivity index (χ4n) is 4.07. The van der Waals surface area contributed by atoms with Crippen LogP contribution in [-0.2, 0) is 17.8 Å². The SMILES string of the molecule is CC(C)CC(=O)N1CCc2nc(N3C4CCC3CNC4)sc2C1. The molecule has 1 aromatic rings. The molecule has 4 heterocycles. The number of nitrogens with one attached hydrogen (secondary N) is 1. The highest BCUT2D eigenvalue weighted by Crippen LogP contribution is 2.38. The number of carbonyl (C=O) groups is 1. The van der Waals surface area contributed by atoms with Crippen LogP contribution >= 0.6 is 11.3 Å². The fourth-order valence-corrected chi connectivity index (χ4v) is 5.34. The first-order valence-electron chi connectivity index (χ1n) is 8.87. The Hall–Kier alpha value is -1.14. The average molecular weight is 334 g/mol. The Labute approximate surface area is 142 Å². The smallest absolute Gasteiger partial charge is 0.223 e. The zero-order valence-corrected chi connectivity index (χ0v) is 14.9. The third-order valence-corrected chi connectivity index (χ3v) is 6.35. The second kappa shape index (κ2) is 6.06. The molecular formula is C17H26N4OS. The number of amides is 1. The lowest BCUT2D eigenvalue weighted by Crippen LogP contribution is -2.51. The topological polar surface area (TPSA) is 48.5 Å². The first-order valence-corrected chi connectivity index (χ1v) is 9.69. The van der Waals surface area contributed by atoms with Crippen molar-refractivity contribution in [2.24, 2.45) is 5.92 Å². The molecule has 2 atom stereocenters. The van der Waals surface area contributed by atoms with E-state index in [9.17, 15) is 4.79 Å². The Kier molecular flexibility index (Phi) is 4.05. The van der Waals surface area contributed by atoms with Gasteiger partial charge in [0.15, 0.2) is 5.13 Å². The van der Waals surface area contributed by atoms with Crippen molar-refractivity contribution < 1.29 is 4.79 Å². The number of thiazole rings is 1. The molecule has 3 aliphatic heterocycles. The molecule has 0 spiro atoms. The van der Waals surface area contributed by atoms with Crippen molar-refractivity contribution in [2.75, 3.05) is 24.5 Å². The molecule has 0 saturated carbocycles. The van der Waals surface area contributed by atoms with Crippen LogP contribution in [0.2, 0.25) is 0 Å². The van der Waals surface area contributed by atoms with Gasteiger partial charge in [0, 0.05) is 49.4 Å². The Morgan fingerprint density at radius 2 is 2.09 bits per heavy atom. The van der Waals surface area contributed by atoms with Gasteiger partial charge in [-0.25, -0.2) is 4.98 Å². The summed E-state index contributed by atoms with van der Waals surface area (Å²) in [5, 5.41) is 4.73. The van der Waals surface area contributed by atoms with Crippen molar-refractivity contribution in [3.8, 4) is 0 Å². The summed E-state index contributed by atoms with van der Waals surface area (Å²) in [6, 6.07) is 1.22. The van der Waals surface area contributed by atoms with Gasteiger partial charge >= 0.3 is 0 Å². The molecule has 2 fully saturated rings. The van der Waals surface area contributed by atoms with E-state index in [2.05, 4.69) is 24.1 Å². The minimum absolute atomic E-state index is 0.294. The average Bonchev–Trinajstić information content (AvgIpc) is 3.03. The van der Waals surface area contributed by atoms with Crippen LogP contribution in [0, 0.1) is 5.92 Å². The summed E-state index contributed by atoms with van der Waals surface area (Å²) in [6.07, 6.45) is 4.13. The molecule has 1 amide bonds. The van der Waals surface area contributed by atoms with E-state index in [-0.39, 0.29) is 0 Å². The minimum Gasteiger partial charge on any atom is -0.340 e. The van der Waals surface area contributed by atoms with Crippen molar-refractivity contribution in [1.82, 2.24) is 15.2 Å². The number of carbonyl (C=O) groups excluding carboxylic acids is 1. The molecule has 4 rings (SSSR count). The molecular weight excluding hydrogens is 308 g/mol. The van der Waals surface area contributed by atoms with E-state index in [4.69, 9.17) is 4.98 Å². The predicted molar refractivity (Wildman–Crippen MR) is 92.8 cm³/mol. The van der Waals surface area contributed by atoms with Gasteiger partial charge in [-0.1, -0.05) is 25.2 Å². The molecule has 6 heteroatoms. The van der Waals surface area contributed by atoms with Crippen molar-refractivity contribution in [2.45, 2.75) is 58.2 Å². The number of aromatic nitrogens is 1. The lowest BCUT2D eigenvalue weighted by atomic mass is 10.1. The standard InChI is InChI=1S/C17H26N4OS/c1-11(2)7-16(22)20-6-5-14-15(10-20)23-17(19-14)21-12-3-4-13(21)9-18-8-12/h11-13,18H,3-10H2,1-2H3. The van der Waals surface area contributed by atoms with Crippen LogP contribution in [0.3, 0.4) is 0 Å². The molecule has 23 heavy (non-hydrogen) atoms. The van der Waals surface area contributed by atoms with E-state index < -0.39 is 0 Å². The van der Waals surface area contributed by atoms with Gasteiger partial charge in [0.25, 0.3) is 0 Å². The Morgan fingerprint density at radius 1 is 1.35 bits per heavy atom. The molecule has 2 unspecified atom stereocenters. The van der Waals surface area contributed by atoms with Gasteiger partial charge in [0.05, 0.1) is 12.2 Å². The molecule has 0 aliphatic carbocycles. The number of hydrogen-bond donors (Lipinski definition) is 1. The molecule has 0 radical (unpaired) electrons. The summed E-state index contributed by atoms with van der Waals surface area (Å²) in [7, 11) is 0. The molecule has 126 valence electrons. The third-order valence-electron chi connectivity index (χ3n) is 5.26. The molecule has 2 bridgehead atoms. The van der Waals surface area contributed by atoms with Gasteiger partial charge in [-0.15, -0.1) is 0 Å². The number of anilines is 1. The molecule has 2 saturated heterocycles. The summed E-state index contributed by atoms with van der Waals surface area (Å²) in [6.45, 7) is 7.98. The normalized spacial score (nSPS) is 26.7. The van der Waals surface area contributed by atoms with Crippen LogP contribution in [0.1, 0.15) is 43.7 Å². The predicted octanol–water partition coefficient (Wildman–Crippen LogP) is 2.01. The molecule has 3 aliphatic rings. The summed E-state index contributed by atoms with van der Waals surface area (Å²) < 4.78 is 0. The first-order chi connectivity index (χ1) is 11.1. The number of rotatable bonds is 3. The molecule has 0 aromatic carbocycles. The van der Waals surface area contributed by atoms with E-state index >= 15 is 0 Å². The highest BCUT2D eigenvalue weighted by atomic mass is 32.1. The summed E-state index contributed by atoms with van der Waals surface area (Å²) >= 11 is 1.82. The van der Waals surface area contributed by atoms with Crippen LogP contribution in [0.4, 0.5) is 5.13 Å². The molecule has 5 nitrogen and oxygen atoms in total. The second-order valence-electron chi connectivity index (χ2n) is 7.48. The minimum atomic E-state index is 0.294. The fraction of sp³-hybridized carbons (Fsp3) is 0.765. The van der Waals surface area contributed by atoms with Crippen molar-refractivity contribution in [1.29, 1.82) is 0 Å². The first kappa shape index (κ1) is 15.4. The van der Waals surface area contributed by atoms with E-state index in [0.29, 0.717) is 30.3 Å². The third kappa shape index (κ3) is 2.87. The largest absolute Gasteiger partial charge is 0.340 e. The van der Waals surface area contributed by atoms with E-state index in [0.717, 1.165) is 32.6 Å². The van der Waals surface area contributed by atoms with Gasteiger partial charge in [-0.3, -0.25) is 4.79 Å². The highest BCUT2D eigenvalue weighted by molar-refractivity contribution is 7.15. The van der Waals surface area contributed by atoms with Crippen molar-refractivity contribution >= 4 is 22.4 Å². The number of hydrogen-bond acceptors (Lipinski definition) is 5. The maximum atomic E-state index is 12.3. The van der Waals surface area contributed by atoms with Crippen LogP contribution in [0.5, 0.6) is 0 Å². The number of piperazine rings is 1. The van der Waals surface area contributed by atoms with Gasteiger partial charge in [0.1, 0.15) is 0 Å². The van der Waals surface area contributed by atoms with Crippen LogP contribution < -0.4 is 10.2 Å². The van der Waals surface area contributed by atoms with E-state index in [1.165, 1.54) is 28.5 Å².